The van der Waals surface area contributed by atoms with Gasteiger partial charge in [-0.15, -0.1) is 0 Å². The summed E-state index contributed by atoms with van der Waals surface area (Å²) in [6, 6.07) is 5.05. The van der Waals surface area contributed by atoms with E-state index < -0.39 is 0 Å². The van der Waals surface area contributed by atoms with Crippen LogP contribution in [0.25, 0.3) is 10.9 Å². The number of H-pyrrole nitrogens is 1. The van der Waals surface area contributed by atoms with Crippen LogP contribution >= 0.6 is 11.6 Å². The number of Topliss-reactive ketones (excluding diaryl/α,β-unsaturated/α-hetero) is 1. The number of pyridine rings is 1. The van der Waals surface area contributed by atoms with Gasteiger partial charge in [-0.1, -0.05) is 11.6 Å². The quantitative estimate of drug-likeness (QED) is 0.778. The summed E-state index contributed by atoms with van der Waals surface area (Å²) in [7, 11) is 0. The summed E-state index contributed by atoms with van der Waals surface area (Å²) in [5.74, 6) is -0.0515. The van der Waals surface area contributed by atoms with Gasteiger partial charge in [0.25, 0.3) is 0 Å². The summed E-state index contributed by atoms with van der Waals surface area (Å²) in [5, 5.41) is 1.11. The molecule has 0 spiro atoms. The molecule has 1 aliphatic carbocycles. The first-order valence-corrected chi connectivity index (χ1v) is 5.92. The third-order valence-corrected chi connectivity index (χ3v) is 3.39. The Morgan fingerprint density at radius 2 is 2.00 bits per heavy atom. The van der Waals surface area contributed by atoms with Gasteiger partial charge in [-0.05, 0) is 31.0 Å². The Labute approximate surface area is 102 Å². The molecule has 0 saturated heterocycles. The summed E-state index contributed by atoms with van der Waals surface area (Å²) < 4.78 is 0. The van der Waals surface area contributed by atoms with Crippen LogP contribution in [-0.4, -0.2) is 10.8 Å². The molecule has 3 nitrogen and oxygen atoms in total. The van der Waals surface area contributed by atoms with E-state index in [1.54, 1.807) is 18.2 Å². The highest BCUT2D eigenvalue weighted by molar-refractivity contribution is 6.31. The molecule has 17 heavy (non-hydrogen) atoms. The SMILES string of the molecule is O=C1CCCc2[nH]c3cc(Cl)ccc3c(=O)c21. The zero-order chi connectivity index (χ0) is 12.0. The van der Waals surface area contributed by atoms with Crippen molar-refractivity contribution in [1.29, 1.82) is 0 Å². The minimum atomic E-state index is -0.171. The molecule has 1 aliphatic rings. The molecule has 0 fully saturated rings. The van der Waals surface area contributed by atoms with Crippen molar-refractivity contribution < 1.29 is 4.79 Å². The fourth-order valence-electron chi connectivity index (χ4n) is 2.35. The first kappa shape index (κ1) is 10.5. The Morgan fingerprint density at radius 1 is 1.18 bits per heavy atom. The van der Waals surface area contributed by atoms with E-state index in [1.165, 1.54) is 0 Å². The number of carbonyl (C=O) groups is 1. The van der Waals surface area contributed by atoms with Gasteiger partial charge in [0.2, 0.25) is 0 Å². The Bertz CT molecular complexity index is 688. The van der Waals surface area contributed by atoms with Crippen molar-refractivity contribution in [3.8, 4) is 0 Å². The fraction of sp³-hybridized carbons (Fsp3) is 0.231. The molecule has 0 radical (unpaired) electrons. The second-order valence-corrected chi connectivity index (χ2v) is 4.71. The van der Waals surface area contributed by atoms with Crippen molar-refractivity contribution in [3.05, 3.63) is 44.7 Å². The number of nitrogens with one attached hydrogen (secondary N) is 1. The van der Waals surface area contributed by atoms with Gasteiger partial charge in [-0.3, -0.25) is 9.59 Å². The van der Waals surface area contributed by atoms with Crippen molar-refractivity contribution in [1.82, 2.24) is 4.98 Å². The Morgan fingerprint density at radius 3 is 2.82 bits per heavy atom. The molecular weight excluding hydrogens is 238 g/mol. The van der Waals surface area contributed by atoms with E-state index in [2.05, 4.69) is 4.98 Å². The number of halogens is 1. The zero-order valence-electron chi connectivity index (χ0n) is 9.05. The largest absolute Gasteiger partial charge is 0.358 e. The number of ketones is 1. The van der Waals surface area contributed by atoms with Crippen molar-refractivity contribution in [2.24, 2.45) is 0 Å². The minimum Gasteiger partial charge on any atom is -0.358 e. The molecule has 1 heterocycles. The summed E-state index contributed by atoms with van der Waals surface area (Å²) in [6.45, 7) is 0. The lowest BCUT2D eigenvalue weighted by Gasteiger charge is -2.14. The molecule has 0 amide bonds. The van der Waals surface area contributed by atoms with Crippen LogP contribution in [0.5, 0.6) is 0 Å². The van der Waals surface area contributed by atoms with Gasteiger partial charge < -0.3 is 4.98 Å². The van der Waals surface area contributed by atoms with E-state index in [-0.39, 0.29) is 11.2 Å². The van der Waals surface area contributed by atoms with Gasteiger partial charge in [0.1, 0.15) is 0 Å². The lowest BCUT2D eigenvalue weighted by molar-refractivity contribution is 0.0970. The van der Waals surface area contributed by atoms with E-state index in [0.29, 0.717) is 27.9 Å². The van der Waals surface area contributed by atoms with Gasteiger partial charge in [-0.2, -0.15) is 0 Å². The van der Waals surface area contributed by atoms with Gasteiger partial charge >= 0.3 is 0 Å². The number of rotatable bonds is 0. The van der Waals surface area contributed by atoms with Crippen LogP contribution in [0.2, 0.25) is 5.02 Å². The molecule has 0 saturated carbocycles. The average molecular weight is 248 g/mol. The molecular formula is C13H10ClNO2. The molecule has 0 atom stereocenters. The van der Waals surface area contributed by atoms with Crippen molar-refractivity contribution in [3.63, 3.8) is 0 Å². The molecule has 3 rings (SSSR count). The first-order chi connectivity index (χ1) is 8.16. The number of hydrogen-bond acceptors (Lipinski definition) is 2. The van der Waals surface area contributed by atoms with Gasteiger partial charge in [0.15, 0.2) is 11.2 Å². The van der Waals surface area contributed by atoms with Crippen LogP contribution in [0.1, 0.15) is 28.9 Å². The third-order valence-electron chi connectivity index (χ3n) is 3.15. The van der Waals surface area contributed by atoms with Gasteiger partial charge in [0.05, 0.1) is 11.1 Å². The number of aromatic nitrogens is 1. The van der Waals surface area contributed by atoms with Crippen LogP contribution < -0.4 is 5.43 Å². The predicted octanol–water partition coefficient (Wildman–Crippen LogP) is 2.70. The van der Waals surface area contributed by atoms with Crippen LogP contribution in [0.4, 0.5) is 0 Å². The lowest BCUT2D eigenvalue weighted by atomic mass is 9.93. The van der Waals surface area contributed by atoms with E-state index in [4.69, 9.17) is 11.6 Å². The average Bonchev–Trinajstić information content (AvgIpc) is 2.28. The summed E-state index contributed by atoms with van der Waals surface area (Å²) in [6.07, 6.45) is 2.02. The number of aromatic amines is 1. The van der Waals surface area contributed by atoms with Crippen LogP contribution in [-0.2, 0) is 6.42 Å². The van der Waals surface area contributed by atoms with E-state index in [0.717, 1.165) is 18.5 Å². The number of aryl methyl sites for hydroxylation is 1. The molecule has 1 aromatic carbocycles. The molecule has 0 aliphatic heterocycles. The van der Waals surface area contributed by atoms with Gasteiger partial charge in [0, 0.05) is 22.5 Å². The molecule has 1 N–H and O–H groups in total. The Kier molecular flexibility index (Phi) is 2.30. The molecule has 2 aromatic rings. The van der Waals surface area contributed by atoms with Crippen LogP contribution in [0.15, 0.2) is 23.0 Å². The van der Waals surface area contributed by atoms with Crippen molar-refractivity contribution in [2.75, 3.05) is 0 Å². The highest BCUT2D eigenvalue weighted by Crippen LogP contribution is 2.21. The fourth-order valence-corrected chi connectivity index (χ4v) is 2.52. The topological polar surface area (TPSA) is 49.9 Å². The molecule has 0 unspecified atom stereocenters. The Hall–Kier alpha value is -1.61. The van der Waals surface area contributed by atoms with Crippen molar-refractivity contribution in [2.45, 2.75) is 19.3 Å². The lowest BCUT2D eigenvalue weighted by Crippen LogP contribution is -2.23. The second-order valence-electron chi connectivity index (χ2n) is 4.27. The summed E-state index contributed by atoms with van der Waals surface area (Å²) >= 11 is 5.89. The number of hydrogen-bond donors (Lipinski definition) is 1. The van der Waals surface area contributed by atoms with Gasteiger partial charge in [-0.25, -0.2) is 0 Å². The first-order valence-electron chi connectivity index (χ1n) is 5.54. The molecule has 0 bridgehead atoms. The normalized spacial score (nSPS) is 15.0. The van der Waals surface area contributed by atoms with Crippen LogP contribution in [0.3, 0.4) is 0 Å². The van der Waals surface area contributed by atoms with E-state index in [1.807, 2.05) is 0 Å². The smallest absolute Gasteiger partial charge is 0.200 e. The molecule has 1 aromatic heterocycles. The number of carbonyl (C=O) groups excluding carboxylic acids is 1. The highest BCUT2D eigenvalue weighted by Gasteiger charge is 2.22. The maximum atomic E-state index is 12.2. The van der Waals surface area contributed by atoms with E-state index >= 15 is 0 Å². The third kappa shape index (κ3) is 1.58. The molecule has 4 heteroatoms. The standard InChI is InChI=1S/C13H10ClNO2/c14-7-4-5-8-10(6-7)15-9-2-1-3-11(16)12(9)13(8)17/h4-6H,1-3H2,(H,15,17). The maximum Gasteiger partial charge on any atom is 0.200 e. The van der Waals surface area contributed by atoms with Crippen molar-refractivity contribution >= 4 is 28.3 Å². The zero-order valence-corrected chi connectivity index (χ0v) is 9.80. The maximum absolute atomic E-state index is 12.2. The summed E-state index contributed by atoms with van der Waals surface area (Å²) in [4.78, 5) is 27.1. The minimum absolute atomic E-state index is 0.0515. The van der Waals surface area contributed by atoms with Crippen LogP contribution in [0, 0.1) is 0 Å². The Balaban J connectivity index is 2.43. The second kappa shape index (κ2) is 3.70. The predicted molar refractivity (Wildman–Crippen MR) is 66.8 cm³/mol. The highest BCUT2D eigenvalue weighted by atomic mass is 35.5. The summed E-state index contributed by atoms with van der Waals surface area (Å²) in [5.41, 5.74) is 1.62. The number of benzene rings is 1. The monoisotopic (exact) mass is 247 g/mol. The van der Waals surface area contributed by atoms with E-state index in [9.17, 15) is 9.59 Å². The molecule has 86 valence electrons. The number of fused-ring (bicyclic) bond motifs is 2.